The average molecular weight is 354 g/mol. The van der Waals surface area contributed by atoms with Crippen LogP contribution < -0.4 is 5.32 Å². The fourth-order valence-corrected chi connectivity index (χ4v) is 2.81. The number of nitrogens with one attached hydrogen (secondary N) is 1. The molecule has 26 heavy (non-hydrogen) atoms. The third-order valence-electron chi connectivity index (χ3n) is 4.28. The lowest BCUT2D eigenvalue weighted by Gasteiger charge is -2.21. The van der Waals surface area contributed by atoms with E-state index < -0.39 is 0 Å². The van der Waals surface area contributed by atoms with E-state index >= 15 is 0 Å². The summed E-state index contributed by atoms with van der Waals surface area (Å²) in [4.78, 5) is 11.3. The molecule has 0 atom stereocenters. The second kappa shape index (κ2) is 10.4. The summed E-state index contributed by atoms with van der Waals surface area (Å²) in [7, 11) is 2.09. The van der Waals surface area contributed by atoms with Gasteiger partial charge in [0.05, 0.1) is 6.54 Å². The van der Waals surface area contributed by atoms with Crippen LogP contribution in [0.25, 0.3) is 0 Å². The van der Waals surface area contributed by atoms with Crippen molar-refractivity contribution in [3.8, 4) is 0 Å². The van der Waals surface area contributed by atoms with Crippen molar-refractivity contribution in [1.82, 2.24) is 19.8 Å². The Bertz CT molecular complexity index is 717. The highest BCUT2D eigenvalue weighted by Crippen LogP contribution is 2.10. The number of benzene rings is 1. The van der Waals surface area contributed by atoms with Gasteiger partial charge in [-0.1, -0.05) is 30.3 Å². The predicted molar refractivity (Wildman–Crippen MR) is 109 cm³/mol. The highest BCUT2D eigenvalue weighted by atomic mass is 15.3. The van der Waals surface area contributed by atoms with Gasteiger partial charge in [0.25, 0.3) is 0 Å². The van der Waals surface area contributed by atoms with Gasteiger partial charge in [-0.25, -0.2) is 9.98 Å². The SMILES string of the molecule is C=CCCCN(C)C(=NCc1cccc(Cn2ccnc2C)c1)NCC. The van der Waals surface area contributed by atoms with Crippen molar-refractivity contribution in [2.45, 2.75) is 39.8 Å². The molecule has 0 aliphatic carbocycles. The van der Waals surface area contributed by atoms with Gasteiger partial charge in [0.15, 0.2) is 5.96 Å². The molecule has 2 aromatic rings. The van der Waals surface area contributed by atoms with Crippen LogP contribution in [0.2, 0.25) is 0 Å². The van der Waals surface area contributed by atoms with E-state index in [-0.39, 0.29) is 0 Å². The van der Waals surface area contributed by atoms with E-state index in [0.29, 0.717) is 6.54 Å². The summed E-state index contributed by atoms with van der Waals surface area (Å²) < 4.78 is 2.15. The Morgan fingerprint density at radius 3 is 2.88 bits per heavy atom. The van der Waals surface area contributed by atoms with E-state index in [4.69, 9.17) is 4.99 Å². The van der Waals surface area contributed by atoms with Crippen molar-refractivity contribution >= 4 is 5.96 Å². The first kappa shape index (κ1) is 19.8. The molecule has 5 nitrogen and oxygen atoms in total. The van der Waals surface area contributed by atoms with Crippen LogP contribution >= 0.6 is 0 Å². The van der Waals surface area contributed by atoms with Crippen molar-refractivity contribution in [1.29, 1.82) is 0 Å². The quantitative estimate of drug-likeness (QED) is 0.324. The molecule has 0 saturated carbocycles. The van der Waals surface area contributed by atoms with Gasteiger partial charge in [0, 0.05) is 39.1 Å². The third kappa shape index (κ3) is 6.06. The summed E-state index contributed by atoms with van der Waals surface area (Å²) in [6.07, 6.45) is 7.94. The van der Waals surface area contributed by atoms with Crippen molar-refractivity contribution < 1.29 is 0 Å². The molecular formula is C21H31N5. The zero-order valence-corrected chi connectivity index (χ0v) is 16.3. The molecular weight excluding hydrogens is 322 g/mol. The molecule has 140 valence electrons. The molecule has 0 aliphatic heterocycles. The van der Waals surface area contributed by atoms with E-state index in [9.17, 15) is 0 Å². The molecule has 1 N–H and O–H groups in total. The van der Waals surface area contributed by atoms with Gasteiger partial charge in [0.1, 0.15) is 5.82 Å². The molecule has 1 aromatic heterocycles. The molecule has 5 heteroatoms. The standard InChI is InChI=1S/C21H31N5/c1-5-7-8-13-25(4)21(22-6-2)24-16-19-10-9-11-20(15-19)17-26-14-12-23-18(26)3/h5,9-12,14-15H,1,6-8,13,16-17H2,2-4H3,(H,22,24). The summed E-state index contributed by atoms with van der Waals surface area (Å²) in [6, 6.07) is 8.62. The number of unbranched alkanes of at least 4 members (excludes halogenated alkanes) is 1. The van der Waals surface area contributed by atoms with Crippen molar-refractivity contribution in [2.24, 2.45) is 4.99 Å². The van der Waals surface area contributed by atoms with Crippen LogP contribution in [0.15, 0.2) is 54.3 Å². The van der Waals surface area contributed by atoms with Crippen molar-refractivity contribution in [3.63, 3.8) is 0 Å². The van der Waals surface area contributed by atoms with Crippen LogP contribution in [0.5, 0.6) is 0 Å². The molecule has 0 radical (unpaired) electrons. The first-order chi connectivity index (χ1) is 12.6. The Morgan fingerprint density at radius 1 is 1.38 bits per heavy atom. The molecule has 0 bridgehead atoms. The number of hydrogen-bond donors (Lipinski definition) is 1. The van der Waals surface area contributed by atoms with Crippen LogP contribution in [-0.4, -0.2) is 40.5 Å². The van der Waals surface area contributed by atoms with Gasteiger partial charge in [-0.3, -0.25) is 0 Å². The van der Waals surface area contributed by atoms with E-state index in [1.807, 2.05) is 25.4 Å². The number of aryl methyl sites for hydroxylation is 1. The zero-order chi connectivity index (χ0) is 18.8. The monoisotopic (exact) mass is 353 g/mol. The first-order valence-electron chi connectivity index (χ1n) is 9.30. The number of guanidine groups is 1. The Balaban J connectivity index is 2.02. The van der Waals surface area contributed by atoms with Crippen LogP contribution in [0, 0.1) is 6.92 Å². The van der Waals surface area contributed by atoms with Crippen LogP contribution in [0.4, 0.5) is 0 Å². The summed E-state index contributed by atoms with van der Waals surface area (Å²) in [6.45, 7) is 11.3. The number of allylic oxidation sites excluding steroid dienone is 1. The average Bonchev–Trinajstić information content (AvgIpc) is 3.04. The predicted octanol–water partition coefficient (Wildman–Crippen LogP) is 3.60. The second-order valence-electron chi connectivity index (χ2n) is 6.44. The van der Waals surface area contributed by atoms with Gasteiger partial charge in [-0.05, 0) is 37.8 Å². The molecule has 1 aromatic carbocycles. The maximum absolute atomic E-state index is 4.80. The van der Waals surface area contributed by atoms with Crippen molar-refractivity contribution in [3.05, 3.63) is 66.3 Å². The topological polar surface area (TPSA) is 45.5 Å². The first-order valence-corrected chi connectivity index (χ1v) is 9.30. The van der Waals surface area contributed by atoms with E-state index in [2.05, 4.69) is 64.6 Å². The Kier molecular flexibility index (Phi) is 7.93. The van der Waals surface area contributed by atoms with Gasteiger partial charge >= 0.3 is 0 Å². The van der Waals surface area contributed by atoms with Crippen LogP contribution in [0.3, 0.4) is 0 Å². The molecule has 0 saturated heterocycles. The Hall–Kier alpha value is -2.56. The largest absolute Gasteiger partial charge is 0.357 e. The number of nitrogens with zero attached hydrogens (tertiary/aromatic N) is 4. The summed E-state index contributed by atoms with van der Waals surface area (Å²) in [5.74, 6) is 1.98. The van der Waals surface area contributed by atoms with E-state index in [1.165, 1.54) is 11.1 Å². The third-order valence-corrected chi connectivity index (χ3v) is 4.28. The lowest BCUT2D eigenvalue weighted by Crippen LogP contribution is -2.39. The van der Waals surface area contributed by atoms with Crippen molar-refractivity contribution in [2.75, 3.05) is 20.1 Å². The summed E-state index contributed by atoms with van der Waals surface area (Å²) in [5.41, 5.74) is 2.48. The van der Waals surface area contributed by atoms with Gasteiger partial charge < -0.3 is 14.8 Å². The fraction of sp³-hybridized carbons (Fsp3) is 0.429. The van der Waals surface area contributed by atoms with E-state index in [0.717, 1.165) is 44.3 Å². The van der Waals surface area contributed by atoms with Gasteiger partial charge in [-0.15, -0.1) is 6.58 Å². The maximum atomic E-state index is 4.80. The van der Waals surface area contributed by atoms with Crippen LogP contribution in [-0.2, 0) is 13.1 Å². The lowest BCUT2D eigenvalue weighted by atomic mass is 10.1. The molecule has 1 heterocycles. The van der Waals surface area contributed by atoms with Gasteiger partial charge in [0.2, 0.25) is 0 Å². The van der Waals surface area contributed by atoms with Crippen LogP contribution in [0.1, 0.15) is 36.7 Å². The van der Waals surface area contributed by atoms with E-state index in [1.54, 1.807) is 0 Å². The lowest BCUT2D eigenvalue weighted by molar-refractivity contribution is 0.470. The number of hydrogen-bond acceptors (Lipinski definition) is 2. The smallest absolute Gasteiger partial charge is 0.193 e. The second-order valence-corrected chi connectivity index (χ2v) is 6.44. The summed E-state index contributed by atoms with van der Waals surface area (Å²) >= 11 is 0. The minimum atomic E-state index is 0.672. The highest BCUT2D eigenvalue weighted by molar-refractivity contribution is 5.79. The highest BCUT2D eigenvalue weighted by Gasteiger charge is 2.05. The number of rotatable bonds is 9. The molecule has 2 rings (SSSR count). The Labute approximate surface area is 157 Å². The zero-order valence-electron chi connectivity index (χ0n) is 16.3. The summed E-state index contributed by atoms with van der Waals surface area (Å²) in [5, 5.41) is 3.38. The van der Waals surface area contributed by atoms with Gasteiger partial charge in [-0.2, -0.15) is 0 Å². The normalized spacial score (nSPS) is 11.4. The molecule has 0 aliphatic rings. The minimum Gasteiger partial charge on any atom is -0.357 e. The Morgan fingerprint density at radius 2 is 2.19 bits per heavy atom. The molecule has 0 unspecified atom stereocenters. The number of imidazole rings is 1. The minimum absolute atomic E-state index is 0.672. The molecule has 0 amide bonds. The number of aromatic nitrogens is 2. The maximum Gasteiger partial charge on any atom is 0.193 e. The molecule has 0 fully saturated rings. The fourth-order valence-electron chi connectivity index (χ4n) is 2.81. The number of aliphatic imine (C=N–C) groups is 1. The molecule has 0 spiro atoms.